The highest BCUT2D eigenvalue weighted by molar-refractivity contribution is 5.96. The average Bonchev–Trinajstić information content (AvgIpc) is 2.88. The molecule has 0 saturated heterocycles. The molecule has 0 fully saturated rings. The van der Waals surface area contributed by atoms with Crippen molar-refractivity contribution < 1.29 is 9.53 Å². The number of carbonyl (C=O) groups excluding carboxylic acids is 1. The van der Waals surface area contributed by atoms with Gasteiger partial charge in [-0.1, -0.05) is 72.8 Å². The number of anilines is 2. The fraction of sp³-hybridized carbons (Fsp3) is 0.179. The molecule has 3 aromatic carbocycles. The summed E-state index contributed by atoms with van der Waals surface area (Å²) in [6, 6.07) is 25.8. The van der Waals surface area contributed by atoms with Crippen molar-refractivity contribution in [3.8, 4) is 5.75 Å². The van der Waals surface area contributed by atoms with Gasteiger partial charge in [-0.2, -0.15) is 0 Å². The molecule has 4 rings (SSSR count). The SMILES string of the molecule is CCOc1ccc(CC(=O)N(Cc2ccccc2)c2c(N)n(Cc3ccccc3)c(=O)[nH]c2=O)cc1. The van der Waals surface area contributed by atoms with E-state index < -0.39 is 11.2 Å². The second-order valence-corrected chi connectivity index (χ2v) is 8.28. The maximum Gasteiger partial charge on any atom is 0.330 e. The first-order valence-corrected chi connectivity index (χ1v) is 11.7. The molecular formula is C28H28N4O4. The number of rotatable bonds is 9. The molecule has 184 valence electrons. The lowest BCUT2D eigenvalue weighted by Gasteiger charge is -2.25. The Labute approximate surface area is 208 Å². The summed E-state index contributed by atoms with van der Waals surface area (Å²) in [5.41, 5.74) is 7.42. The van der Waals surface area contributed by atoms with E-state index in [4.69, 9.17) is 10.5 Å². The van der Waals surface area contributed by atoms with E-state index in [9.17, 15) is 14.4 Å². The van der Waals surface area contributed by atoms with E-state index in [-0.39, 0.29) is 36.9 Å². The van der Waals surface area contributed by atoms with Crippen LogP contribution in [0, 0.1) is 0 Å². The molecule has 1 amide bonds. The van der Waals surface area contributed by atoms with Gasteiger partial charge in [0, 0.05) is 0 Å². The van der Waals surface area contributed by atoms with Crippen molar-refractivity contribution in [2.24, 2.45) is 0 Å². The number of nitrogens with zero attached hydrogens (tertiary/aromatic N) is 2. The first-order chi connectivity index (χ1) is 17.5. The Balaban J connectivity index is 1.73. The number of nitrogens with one attached hydrogen (secondary N) is 1. The van der Waals surface area contributed by atoms with E-state index in [2.05, 4.69) is 4.98 Å². The van der Waals surface area contributed by atoms with Crippen molar-refractivity contribution in [1.82, 2.24) is 9.55 Å². The van der Waals surface area contributed by atoms with Gasteiger partial charge < -0.3 is 10.5 Å². The molecule has 0 saturated carbocycles. The van der Waals surface area contributed by atoms with Gasteiger partial charge in [-0.25, -0.2) is 4.79 Å². The van der Waals surface area contributed by atoms with Crippen LogP contribution in [0.15, 0.2) is 94.5 Å². The highest BCUT2D eigenvalue weighted by atomic mass is 16.5. The number of aromatic amines is 1. The number of amides is 1. The Kier molecular flexibility index (Phi) is 7.65. The van der Waals surface area contributed by atoms with Crippen LogP contribution in [0.1, 0.15) is 23.6 Å². The Morgan fingerprint density at radius 3 is 2.11 bits per heavy atom. The zero-order valence-electron chi connectivity index (χ0n) is 20.0. The lowest BCUT2D eigenvalue weighted by Crippen LogP contribution is -2.41. The molecule has 4 aromatic rings. The molecule has 0 atom stereocenters. The Morgan fingerprint density at radius 2 is 1.50 bits per heavy atom. The van der Waals surface area contributed by atoms with Gasteiger partial charge in [-0.3, -0.25) is 24.0 Å². The molecule has 36 heavy (non-hydrogen) atoms. The van der Waals surface area contributed by atoms with Crippen LogP contribution in [0.4, 0.5) is 11.5 Å². The lowest BCUT2D eigenvalue weighted by atomic mass is 10.1. The molecule has 0 aliphatic heterocycles. The number of nitrogen functional groups attached to an aromatic ring is 1. The third-order valence-corrected chi connectivity index (χ3v) is 5.74. The van der Waals surface area contributed by atoms with Crippen molar-refractivity contribution in [2.45, 2.75) is 26.4 Å². The summed E-state index contributed by atoms with van der Waals surface area (Å²) >= 11 is 0. The summed E-state index contributed by atoms with van der Waals surface area (Å²) in [4.78, 5) is 42.9. The summed E-state index contributed by atoms with van der Waals surface area (Å²) in [6.07, 6.45) is 0.0376. The molecule has 0 aliphatic rings. The minimum Gasteiger partial charge on any atom is -0.494 e. The van der Waals surface area contributed by atoms with Crippen molar-refractivity contribution in [1.29, 1.82) is 0 Å². The second kappa shape index (κ2) is 11.2. The molecular weight excluding hydrogens is 456 g/mol. The summed E-state index contributed by atoms with van der Waals surface area (Å²) in [6.45, 7) is 2.72. The predicted octanol–water partition coefficient (Wildman–Crippen LogP) is 3.34. The third-order valence-electron chi connectivity index (χ3n) is 5.74. The molecule has 1 heterocycles. The van der Waals surface area contributed by atoms with Crippen LogP contribution in [0.5, 0.6) is 5.75 Å². The van der Waals surface area contributed by atoms with Crippen molar-refractivity contribution in [2.75, 3.05) is 17.2 Å². The predicted molar refractivity (Wildman–Crippen MR) is 140 cm³/mol. The molecule has 0 aliphatic carbocycles. The first-order valence-electron chi connectivity index (χ1n) is 11.7. The number of benzene rings is 3. The number of hydrogen-bond donors (Lipinski definition) is 2. The molecule has 0 radical (unpaired) electrons. The first kappa shape index (κ1) is 24.5. The zero-order valence-corrected chi connectivity index (χ0v) is 20.0. The summed E-state index contributed by atoms with van der Waals surface area (Å²) < 4.78 is 6.75. The third kappa shape index (κ3) is 5.72. The zero-order chi connectivity index (χ0) is 25.5. The molecule has 0 bridgehead atoms. The Bertz CT molecular complexity index is 1430. The van der Waals surface area contributed by atoms with Crippen LogP contribution < -0.4 is 26.6 Å². The van der Waals surface area contributed by atoms with Gasteiger partial charge in [0.2, 0.25) is 5.91 Å². The average molecular weight is 485 g/mol. The number of ether oxygens (including phenoxy) is 1. The fourth-order valence-corrected chi connectivity index (χ4v) is 3.96. The van der Waals surface area contributed by atoms with E-state index in [1.165, 1.54) is 9.47 Å². The van der Waals surface area contributed by atoms with Crippen molar-refractivity contribution in [3.05, 3.63) is 122 Å². The van der Waals surface area contributed by atoms with Gasteiger partial charge in [0.25, 0.3) is 5.56 Å². The smallest absolute Gasteiger partial charge is 0.330 e. The normalized spacial score (nSPS) is 10.7. The van der Waals surface area contributed by atoms with Gasteiger partial charge in [0.1, 0.15) is 11.6 Å². The highest BCUT2D eigenvalue weighted by Gasteiger charge is 2.25. The number of hydrogen-bond acceptors (Lipinski definition) is 5. The summed E-state index contributed by atoms with van der Waals surface area (Å²) in [5.74, 6) is 0.317. The fourth-order valence-electron chi connectivity index (χ4n) is 3.96. The van der Waals surface area contributed by atoms with Gasteiger partial charge in [-0.15, -0.1) is 0 Å². The van der Waals surface area contributed by atoms with Crippen LogP contribution >= 0.6 is 0 Å². The standard InChI is InChI=1S/C28H28N4O4/c1-2-36-23-15-13-20(14-16-23)17-24(33)31(18-21-9-5-3-6-10-21)25-26(29)32(28(35)30-27(25)34)19-22-11-7-4-8-12-22/h3-16H,2,17-19,29H2,1H3,(H,30,34,35). The minimum atomic E-state index is -0.710. The van der Waals surface area contributed by atoms with Crippen LogP contribution in [-0.4, -0.2) is 22.1 Å². The van der Waals surface area contributed by atoms with Crippen LogP contribution in [0.25, 0.3) is 0 Å². The lowest BCUT2D eigenvalue weighted by molar-refractivity contribution is -0.118. The molecule has 0 spiro atoms. The van der Waals surface area contributed by atoms with Gasteiger partial charge in [0.15, 0.2) is 5.69 Å². The van der Waals surface area contributed by atoms with E-state index in [1.807, 2.05) is 79.7 Å². The summed E-state index contributed by atoms with van der Waals surface area (Å²) in [7, 11) is 0. The highest BCUT2D eigenvalue weighted by Crippen LogP contribution is 2.22. The Hall–Kier alpha value is -4.59. The van der Waals surface area contributed by atoms with E-state index in [0.717, 1.165) is 16.7 Å². The quantitative estimate of drug-likeness (QED) is 0.379. The van der Waals surface area contributed by atoms with Crippen LogP contribution in [-0.2, 0) is 24.3 Å². The molecule has 0 unspecified atom stereocenters. The number of carbonyl (C=O) groups is 1. The molecule has 3 N–H and O–H groups in total. The summed E-state index contributed by atoms with van der Waals surface area (Å²) in [5, 5.41) is 0. The largest absolute Gasteiger partial charge is 0.494 e. The molecule has 8 nitrogen and oxygen atoms in total. The molecule has 8 heteroatoms. The number of H-pyrrole nitrogens is 1. The number of aromatic nitrogens is 2. The van der Waals surface area contributed by atoms with E-state index in [1.54, 1.807) is 12.1 Å². The van der Waals surface area contributed by atoms with Crippen LogP contribution in [0.3, 0.4) is 0 Å². The van der Waals surface area contributed by atoms with E-state index >= 15 is 0 Å². The van der Waals surface area contributed by atoms with Gasteiger partial charge in [-0.05, 0) is 35.7 Å². The maximum absolute atomic E-state index is 13.6. The monoisotopic (exact) mass is 484 g/mol. The topological polar surface area (TPSA) is 110 Å². The maximum atomic E-state index is 13.6. The van der Waals surface area contributed by atoms with Crippen LogP contribution in [0.2, 0.25) is 0 Å². The molecule has 1 aromatic heterocycles. The second-order valence-electron chi connectivity index (χ2n) is 8.28. The van der Waals surface area contributed by atoms with Gasteiger partial charge in [0.05, 0.1) is 26.1 Å². The number of nitrogens with two attached hydrogens (primary N) is 1. The van der Waals surface area contributed by atoms with Crippen molar-refractivity contribution in [3.63, 3.8) is 0 Å². The van der Waals surface area contributed by atoms with E-state index in [0.29, 0.717) is 12.4 Å². The Morgan fingerprint density at radius 1 is 0.889 bits per heavy atom. The van der Waals surface area contributed by atoms with Crippen molar-refractivity contribution >= 4 is 17.4 Å². The van der Waals surface area contributed by atoms with Gasteiger partial charge >= 0.3 is 5.69 Å². The minimum absolute atomic E-state index is 0.0376.